The van der Waals surface area contributed by atoms with Crippen LogP contribution in [0, 0.1) is 17.8 Å². The maximum Gasteiger partial charge on any atom is 0.234 e. The van der Waals surface area contributed by atoms with Gasteiger partial charge in [0.05, 0.1) is 18.1 Å². The maximum atomic E-state index is 12.4. The molecular weight excluding hydrogens is 394 g/mol. The third-order valence-corrected chi connectivity index (χ3v) is 6.49. The van der Waals surface area contributed by atoms with E-state index in [2.05, 4.69) is 22.9 Å². The summed E-state index contributed by atoms with van der Waals surface area (Å²) in [5, 5.41) is 2.40. The van der Waals surface area contributed by atoms with Crippen molar-refractivity contribution in [3.05, 3.63) is 35.4 Å². The third-order valence-electron chi connectivity index (χ3n) is 6.49. The van der Waals surface area contributed by atoms with E-state index in [9.17, 15) is 14.4 Å². The van der Waals surface area contributed by atoms with Gasteiger partial charge in [0.1, 0.15) is 6.61 Å². The lowest BCUT2D eigenvalue weighted by Crippen LogP contribution is -2.68. The number of likely N-dealkylation sites (tertiary alicyclic amines) is 1. The average Bonchev–Trinajstić information content (AvgIpc) is 2.75. The van der Waals surface area contributed by atoms with Gasteiger partial charge < -0.3 is 15.4 Å². The van der Waals surface area contributed by atoms with Crippen molar-refractivity contribution in [2.75, 3.05) is 19.7 Å². The average molecular weight is 425 g/mol. The van der Waals surface area contributed by atoms with Gasteiger partial charge in [-0.3, -0.25) is 19.7 Å². The van der Waals surface area contributed by atoms with Gasteiger partial charge in [0.25, 0.3) is 0 Å². The van der Waals surface area contributed by atoms with Crippen molar-refractivity contribution < 1.29 is 24.9 Å². The van der Waals surface area contributed by atoms with Crippen LogP contribution in [0.1, 0.15) is 55.6 Å². The van der Waals surface area contributed by atoms with Crippen LogP contribution in [0.15, 0.2) is 24.3 Å². The smallest absolute Gasteiger partial charge is 0.234 e. The number of ether oxygens (including phenoxy) is 1. The molecule has 1 aromatic carbocycles. The zero-order valence-electron chi connectivity index (χ0n) is 17.8. The van der Waals surface area contributed by atoms with E-state index >= 15 is 0 Å². The summed E-state index contributed by atoms with van der Waals surface area (Å²) in [4.78, 5) is 37.8. The molecule has 3 aliphatic rings. The third kappa shape index (κ3) is 5.33. The summed E-state index contributed by atoms with van der Waals surface area (Å²) in [5.74, 6) is 5.88. The Bertz CT molecular complexity index is 905. The first-order valence-corrected chi connectivity index (χ1v) is 11.2. The van der Waals surface area contributed by atoms with E-state index in [0.717, 1.165) is 49.9 Å². The topological polar surface area (TPSA) is 103 Å². The SMILES string of the molecule is [NH3+]C1CC(C(=O)N2CCC(OCC#Cc3cccc(C4CCC(=O)NC4=O)c3)CC2)C1. The van der Waals surface area contributed by atoms with Crippen LogP contribution in [-0.4, -0.2) is 54.5 Å². The number of carbonyl (C=O) groups excluding carboxylic acids is 3. The van der Waals surface area contributed by atoms with Gasteiger partial charge in [0.2, 0.25) is 17.7 Å². The minimum atomic E-state index is -0.303. The monoisotopic (exact) mass is 424 g/mol. The number of quaternary nitrogens is 1. The van der Waals surface area contributed by atoms with Crippen LogP contribution >= 0.6 is 0 Å². The molecule has 0 spiro atoms. The Labute approximate surface area is 182 Å². The zero-order chi connectivity index (χ0) is 21.8. The number of hydrogen-bond acceptors (Lipinski definition) is 4. The van der Waals surface area contributed by atoms with E-state index in [0.29, 0.717) is 25.5 Å². The number of hydrogen-bond donors (Lipinski definition) is 2. The van der Waals surface area contributed by atoms with E-state index in [1.54, 1.807) is 0 Å². The molecule has 4 rings (SSSR count). The highest BCUT2D eigenvalue weighted by Crippen LogP contribution is 2.28. The standard InChI is InChI=1S/C24H29N3O4/c25-19-14-18(15-19)24(30)27-10-8-20(9-11-27)31-12-2-4-16-3-1-5-17(13-16)21-6-7-22(28)26-23(21)29/h1,3,5,13,18-21H,6-12,14-15,25H2,(H,26,28,29)/p+1. The van der Waals surface area contributed by atoms with Gasteiger partial charge in [-0.2, -0.15) is 0 Å². The van der Waals surface area contributed by atoms with Gasteiger partial charge in [0.15, 0.2) is 0 Å². The Balaban J connectivity index is 1.22. The number of imide groups is 1. The fourth-order valence-corrected chi connectivity index (χ4v) is 4.58. The van der Waals surface area contributed by atoms with Gasteiger partial charge in [-0.15, -0.1) is 0 Å². The van der Waals surface area contributed by atoms with Crippen molar-refractivity contribution in [3.63, 3.8) is 0 Å². The van der Waals surface area contributed by atoms with E-state index < -0.39 is 0 Å². The second-order valence-corrected chi connectivity index (χ2v) is 8.80. The minimum absolute atomic E-state index is 0.134. The van der Waals surface area contributed by atoms with Crippen molar-refractivity contribution in [3.8, 4) is 11.8 Å². The number of rotatable bonds is 4. The summed E-state index contributed by atoms with van der Waals surface area (Å²) in [6.07, 6.45) is 4.57. The number of nitrogens with zero attached hydrogens (tertiary/aromatic N) is 1. The van der Waals surface area contributed by atoms with Crippen molar-refractivity contribution in [1.29, 1.82) is 0 Å². The Kier molecular flexibility index (Phi) is 6.69. The molecule has 4 N–H and O–H groups in total. The van der Waals surface area contributed by atoms with Crippen LogP contribution in [0.2, 0.25) is 0 Å². The minimum Gasteiger partial charge on any atom is -0.365 e. The number of benzene rings is 1. The van der Waals surface area contributed by atoms with Gasteiger partial charge in [-0.25, -0.2) is 0 Å². The Morgan fingerprint density at radius 2 is 1.97 bits per heavy atom. The molecule has 0 aromatic heterocycles. The first-order valence-electron chi connectivity index (χ1n) is 11.2. The molecule has 1 unspecified atom stereocenters. The fourth-order valence-electron chi connectivity index (χ4n) is 4.58. The first kappa shape index (κ1) is 21.5. The predicted octanol–water partition coefficient (Wildman–Crippen LogP) is 0.586. The molecule has 3 fully saturated rings. The highest BCUT2D eigenvalue weighted by molar-refractivity contribution is 6.00. The number of amides is 3. The molecule has 1 saturated carbocycles. The van der Waals surface area contributed by atoms with E-state index in [1.165, 1.54) is 0 Å². The van der Waals surface area contributed by atoms with Crippen LogP contribution < -0.4 is 11.1 Å². The lowest BCUT2D eigenvalue weighted by atomic mass is 9.79. The summed E-state index contributed by atoms with van der Waals surface area (Å²) in [7, 11) is 0. The second kappa shape index (κ2) is 9.63. The van der Waals surface area contributed by atoms with Crippen molar-refractivity contribution in [2.45, 2.75) is 56.6 Å². The molecule has 1 aromatic rings. The highest BCUT2D eigenvalue weighted by atomic mass is 16.5. The molecule has 7 nitrogen and oxygen atoms in total. The number of piperidine rings is 2. The summed E-state index contributed by atoms with van der Waals surface area (Å²) in [5.41, 5.74) is 5.71. The van der Waals surface area contributed by atoms with Crippen LogP contribution in [0.5, 0.6) is 0 Å². The van der Waals surface area contributed by atoms with E-state index in [4.69, 9.17) is 4.74 Å². The Morgan fingerprint density at radius 3 is 2.68 bits per heavy atom. The van der Waals surface area contributed by atoms with Crippen LogP contribution in [0.4, 0.5) is 0 Å². The molecule has 0 radical (unpaired) electrons. The zero-order valence-corrected chi connectivity index (χ0v) is 17.8. The van der Waals surface area contributed by atoms with Crippen molar-refractivity contribution in [2.24, 2.45) is 5.92 Å². The molecule has 1 atom stereocenters. The number of nitrogens with one attached hydrogen (secondary N) is 1. The second-order valence-electron chi connectivity index (χ2n) is 8.80. The summed E-state index contributed by atoms with van der Waals surface area (Å²) >= 11 is 0. The van der Waals surface area contributed by atoms with E-state index in [-0.39, 0.29) is 35.7 Å². The summed E-state index contributed by atoms with van der Waals surface area (Å²) < 4.78 is 5.90. The molecule has 164 valence electrons. The number of carbonyl (C=O) groups is 3. The van der Waals surface area contributed by atoms with Crippen LogP contribution in [-0.2, 0) is 19.1 Å². The first-order chi connectivity index (χ1) is 15.0. The maximum absolute atomic E-state index is 12.4. The van der Waals surface area contributed by atoms with Crippen molar-refractivity contribution >= 4 is 17.7 Å². The van der Waals surface area contributed by atoms with Crippen LogP contribution in [0.25, 0.3) is 0 Å². The van der Waals surface area contributed by atoms with Gasteiger partial charge in [-0.05, 0) is 37.0 Å². The summed E-state index contributed by atoms with van der Waals surface area (Å²) in [6, 6.07) is 8.04. The molecule has 2 saturated heterocycles. The largest absolute Gasteiger partial charge is 0.365 e. The molecule has 2 aliphatic heterocycles. The molecule has 0 bridgehead atoms. The highest BCUT2D eigenvalue weighted by Gasteiger charge is 2.38. The van der Waals surface area contributed by atoms with Gasteiger partial charge in [0, 0.05) is 43.8 Å². The lowest BCUT2D eigenvalue weighted by Gasteiger charge is -2.37. The molecule has 2 heterocycles. The Morgan fingerprint density at radius 1 is 1.19 bits per heavy atom. The van der Waals surface area contributed by atoms with Gasteiger partial charge >= 0.3 is 0 Å². The Hall–Kier alpha value is -2.69. The van der Waals surface area contributed by atoms with Crippen LogP contribution in [0.3, 0.4) is 0 Å². The molecule has 3 amide bonds. The molecule has 1 aliphatic carbocycles. The molecule has 31 heavy (non-hydrogen) atoms. The van der Waals surface area contributed by atoms with Gasteiger partial charge in [-0.1, -0.05) is 24.0 Å². The fraction of sp³-hybridized carbons (Fsp3) is 0.542. The molecule has 7 heteroatoms. The lowest BCUT2D eigenvalue weighted by molar-refractivity contribution is -0.443. The quantitative estimate of drug-likeness (QED) is 0.545. The normalized spacial score (nSPS) is 26.5. The predicted molar refractivity (Wildman–Crippen MR) is 113 cm³/mol. The van der Waals surface area contributed by atoms with Crippen molar-refractivity contribution in [1.82, 2.24) is 10.2 Å². The summed E-state index contributed by atoms with van der Waals surface area (Å²) in [6.45, 7) is 1.85. The molecular formula is C24H30N3O4+. The van der Waals surface area contributed by atoms with E-state index in [1.807, 2.05) is 29.2 Å².